The molecule has 0 radical (unpaired) electrons. The van der Waals surface area contributed by atoms with Crippen LogP contribution in [-0.2, 0) is 11.3 Å². The molecule has 0 fully saturated rings. The van der Waals surface area contributed by atoms with Crippen LogP contribution in [0, 0.1) is 0 Å². The molecule has 0 aliphatic rings. The van der Waals surface area contributed by atoms with E-state index in [-0.39, 0.29) is 11.9 Å². The molecular weight excluding hydrogens is 260 g/mol. The molecule has 7 heteroatoms. The van der Waals surface area contributed by atoms with Crippen molar-refractivity contribution in [3.8, 4) is 11.8 Å². The summed E-state index contributed by atoms with van der Waals surface area (Å²) in [4.78, 5) is 19.5. The molecule has 1 amide bonds. The average molecular weight is 282 g/mol. The number of rotatable bonds is 8. The number of aromatic nitrogens is 2. The molecule has 1 aromatic heterocycles. The fourth-order valence-electron chi connectivity index (χ4n) is 1.69. The summed E-state index contributed by atoms with van der Waals surface area (Å²) < 4.78 is 10.3. The van der Waals surface area contributed by atoms with Crippen LogP contribution in [0.25, 0.3) is 0 Å². The highest BCUT2D eigenvalue weighted by molar-refractivity contribution is 5.76. The Bertz CT molecular complexity index is 415. The fraction of sp³-hybridized carbons (Fsp3) is 0.615. The van der Waals surface area contributed by atoms with Crippen LogP contribution < -0.4 is 20.1 Å². The Kier molecular flexibility index (Phi) is 6.72. The summed E-state index contributed by atoms with van der Waals surface area (Å²) in [6, 6.07) is 0.158. The zero-order valence-corrected chi connectivity index (χ0v) is 12.4. The van der Waals surface area contributed by atoms with Gasteiger partial charge in [-0.3, -0.25) is 4.79 Å². The first kappa shape index (κ1) is 16.2. The van der Waals surface area contributed by atoms with E-state index in [1.54, 1.807) is 14.2 Å². The fourth-order valence-corrected chi connectivity index (χ4v) is 1.69. The van der Waals surface area contributed by atoms with Crippen molar-refractivity contribution < 1.29 is 14.3 Å². The first-order chi connectivity index (χ1) is 9.58. The lowest BCUT2D eigenvalue weighted by molar-refractivity contribution is -0.121. The molecular formula is C13H22N4O3. The van der Waals surface area contributed by atoms with E-state index in [2.05, 4.69) is 20.6 Å². The SMILES string of the molecule is COc1ncnc(OC)c1CNCCC(=O)NC(C)C. The van der Waals surface area contributed by atoms with Crippen molar-refractivity contribution >= 4 is 5.91 Å². The summed E-state index contributed by atoms with van der Waals surface area (Å²) in [5.41, 5.74) is 0.738. The normalized spacial score (nSPS) is 10.4. The summed E-state index contributed by atoms with van der Waals surface area (Å²) in [5.74, 6) is 0.961. The molecule has 20 heavy (non-hydrogen) atoms. The molecule has 0 saturated heterocycles. The van der Waals surface area contributed by atoms with E-state index < -0.39 is 0 Å². The number of nitrogens with zero attached hydrogens (tertiary/aromatic N) is 2. The maximum absolute atomic E-state index is 11.5. The molecule has 0 unspecified atom stereocenters. The Balaban J connectivity index is 2.47. The summed E-state index contributed by atoms with van der Waals surface area (Å²) in [5, 5.41) is 5.99. The van der Waals surface area contributed by atoms with Crippen molar-refractivity contribution in [2.75, 3.05) is 20.8 Å². The van der Waals surface area contributed by atoms with Gasteiger partial charge in [0.25, 0.3) is 0 Å². The van der Waals surface area contributed by atoms with E-state index in [4.69, 9.17) is 9.47 Å². The van der Waals surface area contributed by atoms with Crippen LogP contribution in [-0.4, -0.2) is 42.7 Å². The Morgan fingerprint density at radius 1 is 1.25 bits per heavy atom. The van der Waals surface area contributed by atoms with Crippen molar-refractivity contribution in [2.45, 2.75) is 32.9 Å². The number of carbonyl (C=O) groups is 1. The van der Waals surface area contributed by atoms with Gasteiger partial charge in [-0.05, 0) is 13.8 Å². The van der Waals surface area contributed by atoms with Gasteiger partial charge in [0.2, 0.25) is 17.7 Å². The van der Waals surface area contributed by atoms with Crippen LogP contribution in [0.2, 0.25) is 0 Å². The van der Waals surface area contributed by atoms with Crippen molar-refractivity contribution in [3.05, 3.63) is 11.9 Å². The molecule has 1 aromatic rings. The van der Waals surface area contributed by atoms with Crippen LogP contribution in [0.15, 0.2) is 6.33 Å². The molecule has 0 aliphatic heterocycles. The lowest BCUT2D eigenvalue weighted by Gasteiger charge is -2.12. The summed E-state index contributed by atoms with van der Waals surface area (Å²) in [6.07, 6.45) is 1.80. The zero-order chi connectivity index (χ0) is 15.0. The topological polar surface area (TPSA) is 85.4 Å². The van der Waals surface area contributed by atoms with Gasteiger partial charge < -0.3 is 20.1 Å². The molecule has 1 heterocycles. The van der Waals surface area contributed by atoms with Crippen LogP contribution in [0.5, 0.6) is 11.8 Å². The average Bonchev–Trinajstić information content (AvgIpc) is 2.42. The van der Waals surface area contributed by atoms with E-state index in [1.807, 2.05) is 13.8 Å². The number of nitrogens with one attached hydrogen (secondary N) is 2. The van der Waals surface area contributed by atoms with E-state index >= 15 is 0 Å². The predicted molar refractivity (Wildman–Crippen MR) is 74.7 cm³/mol. The smallest absolute Gasteiger partial charge is 0.224 e. The highest BCUT2D eigenvalue weighted by Crippen LogP contribution is 2.22. The van der Waals surface area contributed by atoms with Crippen molar-refractivity contribution in [3.63, 3.8) is 0 Å². The van der Waals surface area contributed by atoms with Crippen LogP contribution >= 0.6 is 0 Å². The molecule has 0 aromatic carbocycles. The molecule has 0 bridgehead atoms. The molecule has 0 spiro atoms. The predicted octanol–water partition coefficient (Wildman–Crippen LogP) is 0.498. The number of hydrogen-bond acceptors (Lipinski definition) is 6. The minimum atomic E-state index is 0.0238. The summed E-state index contributed by atoms with van der Waals surface area (Å²) >= 11 is 0. The second-order valence-electron chi connectivity index (χ2n) is 4.52. The zero-order valence-electron chi connectivity index (χ0n) is 12.4. The highest BCUT2D eigenvalue weighted by atomic mass is 16.5. The quantitative estimate of drug-likeness (QED) is 0.675. The molecule has 0 atom stereocenters. The minimum Gasteiger partial charge on any atom is -0.481 e. The number of methoxy groups -OCH3 is 2. The number of carbonyl (C=O) groups excluding carboxylic acids is 1. The van der Waals surface area contributed by atoms with Crippen LogP contribution in [0.1, 0.15) is 25.8 Å². The maximum atomic E-state index is 11.5. The third-order valence-corrected chi connectivity index (χ3v) is 2.53. The molecule has 0 saturated carbocycles. The third-order valence-electron chi connectivity index (χ3n) is 2.53. The Morgan fingerprint density at radius 3 is 2.35 bits per heavy atom. The van der Waals surface area contributed by atoms with E-state index in [0.29, 0.717) is 31.3 Å². The second-order valence-corrected chi connectivity index (χ2v) is 4.52. The number of hydrogen-bond donors (Lipinski definition) is 2. The van der Waals surface area contributed by atoms with Gasteiger partial charge in [0.05, 0.1) is 19.8 Å². The van der Waals surface area contributed by atoms with Gasteiger partial charge >= 0.3 is 0 Å². The first-order valence-corrected chi connectivity index (χ1v) is 6.50. The number of amides is 1. The third kappa shape index (κ3) is 5.00. The standard InChI is InChI=1S/C13H22N4O3/c1-9(2)17-11(18)5-6-14-7-10-12(19-3)15-8-16-13(10)20-4/h8-9,14H,5-7H2,1-4H3,(H,17,18). The van der Waals surface area contributed by atoms with Gasteiger partial charge in [-0.2, -0.15) is 0 Å². The molecule has 7 nitrogen and oxygen atoms in total. The molecule has 1 rings (SSSR count). The van der Waals surface area contributed by atoms with Crippen molar-refractivity contribution in [2.24, 2.45) is 0 Å². The lowest BCUT2D eigenvalue weighted by atomic mass is 10.3. The monoisotopic (exact) mass is 282 g/mol. The van der Waals surface area contributed by atoms with Gasteiger partial charge in [-0.1, -0.05) is 0 Å². The molecule has 2 N–H and O–H groups in total. The van der Waals surface area contributed by atoms with E-state index in [0.717, 1.165) is 5.56 Å². The van der Waals surface area contributed by atoms with Gasteiger partial charge in [0, 0.05) is 25.6 Å². The van der Waals surface area contributed by atoms with Crippen molar-refractivity contribution in [1.82, 2.24) is 20.6 Å². The first-order valence-electron chi connectivity index (χ1n) is 6.50. The van der Waals surface area contributed by atoms with Gasteiger partial charge in [-0.15, -0.1) is 0 Å². The van der Waals surface area contributed by atoms with Crippen LogP contribution in [0.4, 0.5) is 0 Å². The number of ether oxygens (including phenoxy) is 2. The minimum absolute atomic E-state index is 0.0238. The lowest BCUT2D eigenvalue weighted by Crippen LogP contribution is -2.32. The highest BCUT2D eigenvalue weighted by Gasteiger charge is 2.12. The van der Waals surface area contributed by atoms with Gasteiger partial charge in [0.15, 0.2) is 0 Å². The summed E-state index contributed by atoms with van der Waals surface area (Å²) in [6.45, 7) is 4.90. The summed E-state index contributed by atoms with van der Waals surface area (Å²) in [7, 11) is 3.09. The van der Waals surface area contributed by atoms with Crippen molar-refractivity contribution in [1.29, 1.82) is 0 Å². The van der Waals surface area contributed by atoms with Gasteiger partial charge in [0.1, 0.15) is 6.33 Å². The molecule has 0 aliphatic carbocycles. The maximum Gasteiger partial charge on any atom is 0.224 e. The van der Waals surface area contributed by atoms with Crippen LogP contribution in [0.3, 0.4) is 0 Å². The van der Waals surface area contributed by atoms with E-state index in [1.165, 1.54) is 6.33 Å². The Hall–Kier alpha value is -1.89. The molecule has 112 valence electrons. The Morgan fingerprint density at radius 2 is 1.85 bits per heavy atom. The van der Waals surface area contributed by atoms with E-state index in [9.17, 15) is 4.79 Å². The second kappa shape index (κ2) is 8.31. The largest absolute Gasteiger partial charge is 0.481 e. The Labute approximate surface area is 119 Å². The van der Waals surface area contributed by atoms with Gasteiger partial charge in [-0.25, -0.2) is 9.97 Å².